The molecule has 0 saturated heterocycles. The van der Waals surface area contributed by atoms with Crippen molar-refractivity contribution in [2.75, 3.05) is 21.1 Å². The standard InChI is InChI=1S/C21H43NO2/c1-5-6-7-8-9-10-11-12-13-14-15-16-17-20(22(2,3)4)18-19-21(23)24/h20H,5-19H2,1-4H3/p+1. The molecule has 0 aromatic rings. The van der Waals surface area contributed by atoms with Gasteiger partial charge in [-0.05, 0) is 12.8 Å². The van der Waals surface area contributed by atoms with Gasteiger partial charge in [0.25, 0.3) is 0 Å². The second-order valence-electron chi connectivity index (χ2n) is 8.38. The lowest BCUT2D eigenvalue weighted by atomic mass is 9.99. The van der Waals surface area contributed by atoms with Crippen molar-refractivity contribution in [1.82, 2.24) is 0 Å². The Balaban J connectivity index is 3.53. The number of quaternary nitrogens is 1. The van der Waals surface area contributed by atoms with Crippen molar-refractivity contribution in [3.8, 4) is 0 Å². The van der Waals surface area contributed by atoms with Crippen LogP contribution in [0, 0.1) is 0 Å². The summed E-state index contributed by atoms with van der Waals surface area (Å²) in [6, 6.07) is 0.476. The maximum absolute atomic E-state index is 10.8. The molecule has 1 N–H and O–H groups in total. The molecule has 0 aliphatic carbocycles. The van der Waals surface area contributed by atoms with E-state index in [1.807, 2.05) is 0 Å². The van der Waals surface area contributed by atoms with Gasteiger partial charge >= 0.3 is 5.97 Å². The van der Waals surface area contributed by atoms with Gasteiger partial charge in [-0.25, -0.2) is 0 Å². The summed E-state index contributed by atoms with van der Waals surface area (Å²) < 4.78 is 0.880. The molecule has 0 amide bonds. The van der Waals surface area contributed by atoms with E-state index in [1.54, 1.807) is 0 Å². The van der Waals surface area contributed by atoms with Crippen molar-refractivity contribution in [2.24, 2.45) is 0 Å². The topological polar surface area (TPSA) is 37.3 Å². The minimum Gasteiger partial charge on any atom is -0.481 e. The minimum atomic E-state index is -0.664. The maximum atomic E-state index is 10.8. The molecule has 0 heterocycles. The Morgan fingerprint density at radius 3 is 1.54 bits per heavy atom. The van der Waals surface area contributed by atoms with Crippen LogP contribution in [0.2, 0.25) is 0 Å². The number of nitrogens with zero attached hydrogens (tertiary/aromatic N) is 1. The number of rotatable bonds is 17. The highest BCUT2D eigenvalue weighted by Gasteiger charge is 2.23. The van der Waals surface area contributed by atoms with Crippen LogP contribution in [0.4, 0.5) is 0 Å². The Morgan fingerprint density at radius 2 is 1.17 bits per heavy atom. The Kier molecular flexibility index (Phi) is 14.4. The first-order chi connectivity index (χ1) is 11.4. The third-order valence-electron chi connectivity index (χ3n) is 5.18. The summed E-state index contributed by atoms with van der Waals surface area (Å²) >= 11 is 0. The Bertz CT molecular complexity index is 297. The number of unbranched alkanes of at least 4 members (excludes halogenated alkanes) is 11. The number of aliphatic carboxylic acids is 1. The van der Waals surface area contributed by atoms with Crippen LogP contribution in [0.15, 0.2) is 0 Å². The summed E-state index contributed by atoms with van der Waals surface area (Å²) in [6.45, 7) is 2.27. The summed E-state index contributed by atoms with van der Waals surface area (Å²) in [4.78, 5) is 10.8. The normalized spacial score (nSPS) is 13.2. The lowest BCUT2D eigenvalue weighted by Gasteiger charge is -2.34. The fraction of sp³-hybridized carbons (Fsp3) is 0.952. The van der Waals surface area contributed by atoms with E-state index < -0.39 is 5.97 Å². The SMILES string of the molecule is CCCCCCCCCCCCCCC(CCC(=O)O)[N+](C)(C)C. The smallest absolute Gasteiger partial charge is 0.303 e. The third-order valence-corrected chi connectivity index (χ3v) is 5.18. The number of hydrogen-bond acceptors (Lipinski definition) is 1. The van der Waals surface area contributed by atoms with Crippen molar-refractivity contribution in [3.63, 3.8) is 0 Å². The highest BCUT2D eigenvalue weighted by molar-refractivity contribution is 5.66. The van der Waals surface area contributed by atoms with Crippen LogP contribution < -0.4 is 0 Å². The first kappa shape index (κ1) is 23.4. The van der Waals surface area contributed by atoms with Crippen LogP contribution >= 0.6 is 0 Å². The van der Waals surface area contributed by atoms with Gasteiger partial charge in [0.05, 0.1) is 33.6 Å². The average Bonchev–Trinajstić information content (AvgIpc) is 2.49. The number of hydrogen-bond donors (Lipinski definition) is 1. The van der Waals surface area contributed by atoms with E-state index in [0.29, 0.717) is 12.5 Å². The summed E-state index contributed by atoms with van der Waals surface area (Å²) in [5.41, 5.74) is 0. The lowest BCUT2D eigenvalue weighted by Crippen LogP contribution is -2.45. The fourth-order valence-corrected chi connectivity index (χ4v) is 3.43. The number of carbonyl (C=O) groups is 1. The van der Waals surface area contributed by atoms with E-state index in [4.69, 9.17) is 5.11 Å². The van der Waals surface area contributed by atoms with Gasteiger partial charge in [-0.2, -0.15) is 0 Å². The van der Waals surface area contributed by atoms with Crippen molar-refractivity contribution in [1.29, 1.82) is 0 Å². The van der Waals surface area contributed by atoms with Crippen LogP contribution in [-0.2, 0) is 4.79 Å². The molecule has 0 aliphatic rings. The summed E-state index contributed by atoms with van der Waals surface area (Å²) in [7, 11) is 6.56. The van der Waals surface area contributed by atoms with Crippen molar-refractivity contribution in [3.05, 3.63) is 0 Å². The Hall–Kier alpha value is -0.570. The second kappa shape index (κ2) is 14.7. The van der Waals surface area contributed by atoms with Gasteiger partial charge in [-0.3, -0.25) is 4.79 Å². The highest BCUT2D eigenvalue weighted by Crippen LogP contribution is 2.19. The van der Waals surface area contributed by atoms with Gasteiger partial charge in [-0.15, -0.1) is 0 Å². The van der Waals surface area contributed by atoms with Crippen molar-refractivity contribution >= 4 is 5.97 Å². The molecule has 0 fully saturated rings. The fourth-order valence-electron chi connectivity index (χ4n) is 3.43. The quantitative estimate of drug-likeness (QED) is 0.259. The molecule has 3 nitrogen and oxygen atoms in total. The zero-order valence-corrected chi connectivity index (χ0v) is 17.0. The molecule has 0 aromatic heterocycles. The number of carboxylic acid groups (broad SMARTS) is 1. The van der Waals surface area contributed by atoms with Crippen LogP contribution in [0.25, 0.3) is 0 Å². The molecule has 0 radical (unpaired) electrons. The minimum absolute atomic E-state index is 0.304. The summed E-state index contributed by atoms with van der Waals surface area (Å²) in [5.74, 6) is -0.664. The first-order valence-corrected chi connectivity index (χ1v) is 10.4. The largest absolute Gasteiger partial charge is 0.481 e. The predicted molar refractivity (Wildman–Crippen MR) is 104 cm³/mol. The monoisotopic (exact) mass is 342 g/mol. The van der Waals surface area contributed by atoms with Gasteiger partial charge in [0.1, 0.15) is 0 Å². The first-order valence-electron chi connectivity index (χ1n) is 10.4. The Labute approximate surface area is 151 Å². The van der Waals surface area contributed by atoms with E-state index in [-0.39, 0.29) is 0 Å². The van der Waals surface area contributed by atoms with Gasteiger partial charge in [-0.1, -0.05) is 77.6 Å². The molecule has 24 heavy (non-hydrogen) atoms. The van der Waals surface area contributed by atoms with Gasteiger partial charge in [0, 0.05) is 6.42 Å². The maximum Gasteiger partial charge on any atom is 0.303 e. The molecule has 0 spiro atoms. The summed E-state index contributed by atoms with van der Waals surface area (Å²) in [5, 5.41) is 8.89. The van der Waals surface area contributed by atoms with Gasteiger partial charge in [0.15, 0.2) is 0 Å². The molecule has 0 aliphatic heterocycles. The van der Waals surface area contributed by atoms with Crippen LogP contribution in [0.1, 0.15) is 103 Å². The van der Waals surface area contributed by atoms with Crippen molar-refractivity contribution in [2.45, 2.75) is 109 Å². The second-order valence-corrected chi connectivity index (χ2v) is 8.38. The molecule has 0 saturated carbocycles. The molecule has 0 bridgehead atoms. The van der Waals surface area contributed by atoms with E-state index >= 15 is 0 Å². The van der Waals surface area contributed by atoms with E-state index in [2.05, 4.69) is 28.1 Å². The van der Waals surface area contributed by atoms with Gasteiger partial charge in [0.2, 0.25) is 0 Å². The van der Waals surface area contributed by atoms with Gasteiger partial charge < -0.3 is 9.59 Å². The summed E-state index contributed by atoms with van der Waals surface area (Å²) in [6.07, 6.45) is 18.8. The Morgan fingerprint density at radius 1 is 0.750 bits per heavy atom. The highest BCUT2D eigenvalue weighted by atomic mass is 16.4. The van der Waals surface area contributed by atoms with Crippen LogP contribution in [0.5, 0.6) is 0 Å². The molecular formula is C21H44NO2+. The molecule has 1 atom stereocenters. The van der Waals surface area contributed by atoms with Crippen molar-refractivity contribution < 1.29 is 14.4 Å². The third kappa shape index (κ3) is 15.0. The zero-order chi connectivity index (χ0) is 18.3. The average molecular weight is 343 g/mol. The van der Waals surface area contributed by atoms with E-state index in [9.17, 15) is 4.79 Å². The van der Waals surface area contributed by atoms with E-state index in [0.717, 1.165) is 17.3 Å². The van der Waals surface area contributed by atoms with Crippen LogP contribution in [0.3, 0.4) is 0 Å². The predicted octanol–water partition coefficient (Wildman–Crippen LogP) is 6.02. The molecular weight excluding hydrogens is 298 g/mol. The lowest BCUT2D eigenvalue weighted by molar-refractivity contribution is -0.896. The molecule has 0 rings (SSSR count). The van der Waals surface area contributed by atoms with Crippen LogP contribution in [-0.4, -0.2) is 42.7 Å². The van der Waals surface area contributed by atoms with E-state index in [1.165, 1.54) is 77.0 Å². The molecule has 0 aromatic carbocycles. The molecule has 144 valence electrons. The zero-order valence-electron chi connectivity index (χ0n) is 17.0. The molecule has 1 unspecified atom stereocenters. The molecule has 3 heteroatoms. The number of carboxylic acids is 1.